The van der Waals surface area contributed by atoms with Crippen molar-refractivity contribution in [2.75, 3.05) is 32.8 Å². The van der Waals surface area contributed by atoms with Crippen molar-refractivity contribution in [3.05, 3.63) is 59.9 Å². The Kier molecular flexibility index (Phi) is 4.76. The van der Waals surface area contributed by atoms with E-state index < -0.39 is 5.60 Å². The Bertz CT molecular complexity index is 631. The normalized spacial score (nSPS) is 18.6. The Balaban J connectivity index is 1.73. The Hall–Kier alpha value is -1.75. The first-order chi connectivity index (χ1) is 11.0. The number of rotatable bonds is 4. The van der Waals surface area contributed by atoms with Crippen molar-refractivity contribution in [2.45, 2.75) is 12.5 Å². The highest BCUT2D eigenvalue weighted by Crippen LogP contribution is 2.26. The lowest BCUT2D eigenvalue weighted by atomic mass is 9.93. The molecule has 3 nitrogen and oxygen atoms in total. The van der Waals surface area contributed by atoms with E-state index in [2.05, 4.69) is 4.90 Å². The van der Waals surface area contributed by atoms with Gasteiger partial charge in [-0.05, 0) is 35.7 Å². The van der Waals surface area contributed by atoms with Gasteiger partial charge in [-0.2, -0.15) is 0 Å². The number of nitrogens with zero attached hydrogens (tertiary/aromatic N) is 1. The fourth-order valence-corrected chi connectivity index (χ4v) is 2.95. The molecule has 0 saturated carbocycles. The molecule has 23 heavy (non-hydrogen) atoms. The van der Waals surface area contributed by atoms with Crippen LogP contribution < -0.4 is 0 Å². The van der Waals surface area contributed by atoms with Crippen LogP contribution in [0.4, 0.5) is 4.39 Å². The fourth-order valence-electron chi connectivity index (χ4n) is 2.95. The molecule has 1 N–H and O–H groups in total. The quantitative estimate of drug-likeness (QED) is 0.941. The maximum Gasteiger partial charge on any atom is 0.123 e. The second-order valence-corrected chi connectivity index (χ2v) is 6.25. The van der Waals surface area contributed by atoms with Crippen LogP contribution in [0.1, 0.15) is 12.5 Å². The molecule has 1 heterocycles. The van der Waals surface area contributed by atoms with E-state index in [0.717, 1.165) is 43.0 Å². The summed E-state index contributed by atoms with van der Waals surface area (Å²) in [6.45, 7) is 5.58. The van der Waals surface area contributed by atoms with E-state index in [4.69, 9.17) is 4.74 Å². The third-order valence-electron chi connectivity index (χ3n) is 4.32. The van der Waals surface area contributed by atoms with Gasteiger partial charge >= 0.3 is 0 Å². The highest BCUT2D eigenvalue weighted by molar-refractivity contribution is 5.63. The third-order valence-corrected chi connectivity index (χ3v) is 4.32. The number of benzene rings is 2. The molecule has 1 aliphatic rings. The van der Waals surface area contributed by atoms with Crippen molar-refractivity contribution in [3.8, 4) is 11.1 Å². The average molecular weight is 315 g/mol. The van der Waals surface area contributed by atoms with E-state index in [9.17, 15) is 9.50 Å². The van der Waals surface area contributed by atoms with Gasteiger partial charge in [0.05, 0.1) is 18.8 Å². The molecular formula is C19H22FNO2. The van der Waals surface area contributed by atoms with E-state index in [-0.39, 0.29) is 5.82 Å². The molecule has 0 amide bonds. The minimum Gasteiger partial charge on any atom is -0.384 e. The van der Waals surface area contributed by atoms with Crippen molar-refractivity contribution >= 4 is 0 Å². The number of aliphatic hydroxyl groups is 1. The maximum atomic E-state index is 13.0. The molecule has 122 valence electrons. The maximum absolute atomic E-state index is 13.0. The minimum atomic E-state index is -0.904. The molecule has 1 unspecified atom stereocenters. The summed E-state index contributed by atoms with van der Waals surface area (Å²) in [5.74, 6) is -0.237. The predicted molar refractivity (Wildman–Crippen MR) is 88.7 cm³/mol. The summed E-state index contributed by atoms with van der Waals surface area (Å²) in [4.78, 5) is 2.22. The average Bonchev–Trinajstić information content (AvgIpc) is 2.56. The lowest BCUT2D eigenvalue weighted by molar-refractivity contribution is -0.0253. The summed E-state index contributed by atoms with van der Waals surface area (Å²) in [5.41, 5.74) is 1.95. The van der Waals surface area contributed by atoms with Gasteiger partial charge in [0.25, 0.3) is 0 Å². The van der Waals surface area contributed by atoms with Crippen LogP contribution in [0, 0.1) is 5.82 Å². The Labute approximate surface area is 136 Å². The van der Waals surface area contributed by atoms with Gasteiger partial charge in [0.15, 0.2) is 0 Å². The van der Waals surface area contributed by atoms with Crippen LogP contribution >= 0.6 is 0 Å². The van der Waals surface area contributed by atoms with Crippen LogP contribution in [-0.4, -0.2) is 42.9 Å². The van der Waals surface area contributed by atoms with Crippen molar-refractivity contribution in [3.63, 3.8) is 0 Å². The molecule has 1 saturated heterocycles. The van der Waals surface area contributed by atoms with E-state index in [1.165, 1.54) is 12.1 Å². The number of ether oxygens (including phenoxy) is 1. The lowest BCUT2D eigenvalue weighted by Crippen LogP contribution is -2.44. The Morgan fingerprint density at radius 2 is 1.52 bits per heavy atom. The van der Waals surface area contributed by atoms with Gasteiger partial charge in [-0.3, -0.25) is 4.90 Å². The summed E-state index contributed by atoms with van der Waals surface area (Å²) >= 11 is 0. The van der Waals surface area contributed by atoms with Gasteiger partial charge in [0.1, 0.15) is 5.82 Å². The number of hydrogen-bond donors (Lipinski definition) is 1. The van der Waals surface area contributed by atoms with Crippen molar-refractivity contribution in [1.29, 1.82) is 0 Å². The van der Waals surface area contributed by atoms with Gasteiger partial charge in [-0.15, -0.1) is 0 Å². The molecule has 0 bridgehead atoms. The standard InChI is InChI=1S/C19H22FNO2/c1-19(22,14-21-10-12-23-13-11-21)17-6-2-15(3-7-17)16-4-8-18(20)9-5-16/h2-9,22H,10-14H2,1H3. The summed E-state index contributed by atoms with van der Waals surface area (Å²) in [5, 5.41) is 10.8. The molecule has 0 spiro atoms. The summed E-state index contributed by atoms with van der Waals surface area (Å²) in [6, 6.07) is 14.3. The summed E-state index contributed by atoms with van der Waals surface area (Å²) in [6.07, 6.45) is 0. The molecule has 2 aromatic carbocycles. The highest BCUT2D eigenvalue weighted by Gasteiger charge is 2.27. The van der Waals surface area contributed by atoms with Crippen LogP contribution in [0.5, 0.6) is 0 Å². The first-order valence-electron chi connectivity index (χ1n) is 7.93. The summed E-state index contributed by atoms with van der Waals surface area (Å²) < 4.78 is 18.3. The molecule has 0 radical (unpaired) electrons. The molecule has 4 heteroatoms. The molecule has 0 aliphatic carbocycles. The molecule has 0 aromatic heterocycles. The van der Waals surface area contributed by atoms with Crippen LogP contribution in [0.15, 0.2) is 48.5 Å². The molecule has 1 aliphatic heterocycles. The smallest absolute Gasteiger partial charge is 0.123 e. The highest BCUT2D eigenvalue weighted by atomic mass is 19.1. The van der Waals surface area contributed by atoms with Gasteiger partial charge in [-0.1, -0.05) is 36.4 Å². The van der Waals surface area contributed by atoms with E-state index >= 15 is 0 Å². The summed E-state index contributed by atoms with van der Waals surface area (Å²) in [7, 11) is 0. The van der Waals surface area contributed by atoms with Gasteiger partial charge in [0.2, 0.25) is 0 Å². The fraction of sp³-hybridized carbons (Fsp3) is 0.368. The van der Waals surface area contributed by atoms with E-state index in [0.29, 0.717) is 6.54 Å². The van der Waals surface area contributed by atoms with Gasteiger partial charge in [0, 0.05) is 19.6 Å². The zero-order valence-electron chi connectivity index (χ0n) is 13.3. The SMILES string of the molecule is CC(O)(CN1CCOCC1)c1ccc(-c2ccc(F)cc2)cc1. The van der Waals surface area contributed by atoms with Crippen LogP contribution in [-0.2, 0) is 10.3 Å². The van der Waals surface area contributed by atoms with Gasteiger partial charge in [-0.25, -0.2) is 4.39 Å². The van der Waals surface area contributed by atoms with Crippen LogP contribution in [0.2, 0.25) is 0 Å². The first-order valence-corrected chi connectivity index (χ1v) is 7.93. The molecule has 2 aromatic rings. The van der Waals surface area contributed by atoms with E-state index in [1.54, 1.807) is 12.1 Å². The molecule has 1 fully saturated rings. The number of morpholine rings is 1. The topological polar surface area (TPSA) is 32.7 Å². The Morgan fingerprint density at radius 1 is 1.00 bits per heavy atom. The van der Waals surface area contributed by atoms with Crippen molar-refractivity contribution in [2.24, 2.45) is 0 Å². The van der Waals surface area contributed by atoms with Crippen LogP contribution in [0.25, 0.3) is 11.1 Å². The second kappa shape index (κ2) is 6.79. The monoisotopic (exact) mass is 315 g/mol. The molecule has 3 rings (SSSR count). The third kappa shape index (κ3) is 3.96. The predicted octanol–water partition coefficient (Wildman–Crippen LogP) is 3.03. The lowest BCUT2D eigenvalue weighted by Gasteiger charge is -2.34. The van der Waals surface area contributed by atoms with Crippen molar-refractivity contribution < 1.29 is 14.2 Å². The zero-order valence-corrected chi connectivity index (χ0v) is 13.3. The first kappa shape index (κ1) is 16.1. The second-order valence-electron chi connectivity index (χ2n) is 6.25. The zero-order chi connectivity index (χ0) is 16.3. The van der Waals surface area contributed by atoms with Gasteiger partial charge < -0.3 is 9.84 Å². The molecular weight excluding hydrogens is 293 g/mol. The van der Waals surface area contributed by atoms with Crippen molar-refractivity contribution in [1.82, 2.24) is 4.90 Å². The minimum absolute atomic E-state index is 0.237. The number of halogens is 1. The number of β-amino-alcohol motifs (C(OH)–C–C–N with tert-alkyl or cyclic N) is 1. The van der Waals surface area contributed by atoms with Crippen LogP contribution in [0.3, 0.4) is 0 Å². The van der Waals surface area contributed by atoms with E-state index in [1.807, 2.05) is 31.2 Å². The molecule has 1 atom stereocenters. The number of hydrogen-bond acceptors (Lipinski definition) is 3. The largest absolute Gasteiger partial charge is 0.384 e. The Morgan fingerprint density at radius 3 is 2.09 bits per heavy atom.